The average molecular weight is 140 g/mol. The van der Waals surface area contributed by atoms with Crippen molar-refractivity contribution in [2.75, 3.05) is 7.05 Å². The Hall–Kier alpha value is -0.570. The van der Waals surface area contributed by atoms with Gasteiger partial charge >= 0.3 is 0 Å². The number of nitrogens with zero attached hydrogens (tertiary/aromatic N) is 1. The Kier molecular flexibility index (Phi) is 1.20. The van der Waals surface area contributed by atoms with Crippen molar-refractivity contribution in [3.8, 4) is 0 Å². The summed E-state index contributed by atoms with van der Waals surface area (Å²) in [5.41, 5.74) is 3.15. The zero-order valence-electron chi connectivity index (χ0n) is 6.13. The second-order valence-corrected chi connectivity index (χ2v) is 3.23. The fraction of sp³-hybridized carbons (Fsp3) is 0.857. The van der Waals surface area contributed by atoms with E-state index in [9.17, 15) is 4.79 Å². The van der Waals surface area contributed by atoms with Gasteiger partial charge in [-0.05, 0) is 18.8 Å². The molecule has 2 aliphatic rings. The van der Waals surface area contributed by atoms with Crippen LogP contribution in [0.1, 0.15) is 19.3 Å². The third-order valence-corrected chi connectivity index (χ3v) is 2.32. The number of hydrazine groups is 1. The number of hydrogen-bond acceptors (Lipinski definition) is 2. The van der Waals surface area contributed by atoms with Crippen molar-refractivity contribution >= 4 is 5.91 Å². The highest BCUT2D eigenvalue weighted by molar-refractivity contribution is 5.78. The molecular formula is C7H12N2O. The zero-order chi connectivity index (χ0) is 7.14. The molecule has 0 aromatic heterocycles. The molecular weight excluding hydrogens is 128 g/mol. The van der Waals surface area contributed by atoms with Gasteiger partial charge in [-0.3, -0.25) is 9.80 Å². The number of carbonyl (C=O) groups excluding carboxylic acids is 1. The van der Waals surface area contributed by atoms with Crippen molar-refractivity contribution in [2.24, 2.45) is 5.92 Å². The fourth-order valence-electron chi connectivity index (χ4n) is 1.46. The van der Waals surface area contributed by atoms with Crippen LogP contribution in [0, 0.1) is 5.92 Å². The molecule has 0 spiro atoms. The quantitative estimate of drug-likeness (QED) is 0.561. The van der Waals surface area contributed by atoms with Crippen LogP contribution < -0.4 is 5.43 Å². The smallest absolute Gasteiger partial charge is 0.238 e. The number of amides is 1. The first-order chi connectivity index (χ1) is 4.77. The van der Waals surface area contributed by atoms with Crippen LogP contribution in [-0.4, -0.2) is 24.0 Å². The van der Waals surface area contributed by atoms with Crippen LogP contribution in [0.3, 0.4) is 0 Å². The maximum Gasteiger partial charge on any atom is 0.238 e. The van der Waals surface area contributed by atoms with E-state index >= 15 is 0 Å². The van der Waals surface area contributed by atoms with E-state index < -0.39 is 0 Å². The van der Waals surface area contributed by atoms with Crippen molar-refractivity contribution in [1.82, 2.24) is 10.4 Å². The summed E-state index contributed by atoms with van der Waals surface area (Å²) in [4.78, 5) is 11.0. The van der Waals surface area contributed by atoms with Gasteiger partial charge in [0.1, 0.15) is 0 Å². The van der Waals surface area contributed by atoms with Gasteiger partial charge in [-0.1, -0.05) is 0 Å². The van der Waals surface area contributed by atoms with E-state index in [-0.39, 0.29) is 5.91 Å². The van der Waals surface area contributed by atoms with Crippen molar-refractivity contribution < 1.29 is 4.79 Å². The minimum atomic E-state index is 0.233. The average Bonchev–Trinajstić information content (AvgIpc) is 2.64. The molecule has 56 valence electrons. The van der Waals surface area contributed by atoms with Gasteiger partial charge in [-0.25, -0.2) is 5.43 Å². The molecule has 0 aromatic rings. The summed E-state index contributed by atoms with van der Waals surface area (Å²) in [6.07, 6.45) is 3.32. The summed E-state index contributed by atoms with van der Waals surface area (Å²) < 4.78 is 0. The lowest BCUT2D eigenvalue weighted by molar-refractivity contribution is -0.128. The summed E-state index contributed by atoms with van der Waals surface area (Å²) in [5.74, 6) is 1.02. The number of rotatable bonds is 1. The predicted molar refractivity (Wildman–Crippen MR) is 37.0 cm³/mol. The maximum atomic E-state index is 11.0. The van der Waals surface area contributed by atoms with E-state index in [2.05, 4.69) is 5.43 Å². The fourth-order valence-corrected chi connectivity index (χ4v) is 1.46. The molecule has 10 heavy (non-hydrogen) atoms. The molecule has 2 rings (SSSR count). The Balaban J connectivity index is 1.97. The maximum absolute atomic E-state index is 11.0. The van der Waals surface area contributed by atoms with Crippen LogP contribution in [0.25, 0.3) is 0 Å². The van der Waals surface area contributed by atoms with E-state index in [0.717, 1.165) is 5.92 Å². The molecule has 1 aliphatic heterocycles. The number of carbonyl (C=O) groups is 1. The van der Waals surface area contributed by atoms with Crippen LogP contribution in [0.5, 0.6) is 0 Å². The first-order valence-corrected chi connectivity index (χ1v) is 3.80. The second kappa shape index (κ2) is 1.95. The van der Waals surface area contributed by atoms with Crippen LogP contribution in [0.15, 0.2) is 0 Å². The lowest BCUT2D eigenvalue weighted by Gasteiger charge is -2.10. The van der Waals surface area contributed by atoms with Gasteiger partial charge in [0.25, 0.3) is 0 Å². The SMILES string of the molecule is CN1NC(C2CC2)CC1=O. The van der Waals surface area contributed by atoms with Crippen LogP contribution in [0.2, 0.25) is 0 Å². The topological polar surface area (TPSA) is 32.3 Å². The molecule has 3 nitrogen and oxygen atoms in total. The molecule has 1 heterocycles. The van der Waals surface area contributed by atoms with E-state index in [1.807, 2.05) is 0 Å². The molecule has 2 fully saturated rings. The van der Waals surface area contributed by atoms with E-state index in [4.69, 9.17) is 0 Å². The summed E-state index contributed by atoms with van der Waals surface area (Å²) in [6.45, 7) is 0. The summed E-state index contributed by atoms with van der Waals surface area (Å²) in [7, 11) is 1.80. The Bertz CT molecular complexity index is 165. The van der Waals surface area contributed by atoms with Crippen LogP contribution in [0.4, 0.5) is 0 Å². The van der Waals surface area contributed by atoms with E-state index in [1.165, 1.54) is 12.8 Å². The van der Waals surface area contributed by atoms with Gasteiger partial charge in [-0.2, -0.15) is 0 Å². The van der Waals surface area contributed by atoms with Crippen molar-refractivity contribution in [3.63, 3.8) is 0 Å². The monoisotopic (exact) mass is 140 g/mol. The molecule has 1 aliphatic carbocycles. The summed E-state index contributed by atoms with van der Waals surface area (Å²) in [6, 6.07) is 0.456. The highest BCUT2D eigenvalue weighted by Gasteiger charge is 2.38. The predicted octanol–water partition coefficient (Wildman–Crippen LogP) is 0.132. The minimum absolute atomic E-state index is 0.233. The molecule has 3 heteroatoms. The molecule has 1 amide bonds. The largest absolute Gasteiger partial charge is 0.281 e. The lowest BCUT2D eigenvalue weighted by atomic mass is 10.1. The summed E-state index contributed by atoms with van der Waals surface area (Å²) >= 11 is 0. The molecule has 1 N–H and O–H groups in total. The van der Waals surface area contributed by atoms with Crippen molar-refractivity contribution in [1.29, 1.82) is 0 Å². The van der Waals surface area contributed by atoms with Gasteiger partial charge in [0.2, 0.25) is 5.91 Å². The third-order valence-electron chi connectivity index (χ3n) is 2.32. The Morgan fingerprint density at radius 1 is 1.60 bits per heavy atom. The Labute approximate surface area is 60.4 Å². The first-order valence-electron chi connectivity index (χ1n) is 3.80. The standard InChI is InChI=1S/C7H12N2O/c1-9-7(10)4-6(8-9)5-2-3-5/h5-6,8H,2-4H2,1H3. The van der Waals surface area contributed by atoms with Gasteiger partial charge in [-0.15, -0.1) is 0 Å². The van der Waals surface area contributed by atoms with Gasteiger partial charge in [0.05, 0.1) is 0 Å². The molecule has 0 aromatic carbocycles. The molecule has 1 unspecified atom stereocenters. The molecule has 0 radical (unpaired) electrons. The highest BCUT2D eigenvalue weighted by atomic mass is 16.2. The molecule has 1 atom stereocenters. The van der Waals surface area contributed by atoms with Gasteiger partial charge in [0, 0.05) is 19.5 Å². The van der Waals surface area contributed by atoms with E-state index in [0.29, 0.717) is 12.5 Å². The Morgan fingerprint density at radius 3 is 2.70 bits per heavy atom. The van der Waals surface area contributed by atoms with Gasteiger partial charge in [0.15, 0.2) is 0 Å². The first kappa shape index (κ1) is 6.16. The zero-order valence-corrected chi connectivity index (χ0v) is 6.13. The summed E-state index contributed by atoms with van der Waals surface area (Å²) in [5, 5.41) is 1.61. The molecule has 1 saturated carbocycles. The third kappa shape index (κ3) is 0.904. The van der Waals surface area contributed by atoms with E-state index in [1.54, 1.807) is 12.1 Å². The van der Waals surface area contributed by atoms with Gasteiger partial charge < -0.3 is 0 Å². The minimum Gasteiger partial charge on any atom is -0.281 e. The second-order valence-electron chi connectivity index (χ2n) is 3.23. The Morgan fingerprint density at radius 2 is 2.30 bits per heavy atom. The van der Waals surface area contributed by atoms with Crippen molar-refractivity contribution in [2.45, 2.75) is 25.3 Å². The molecule has 1 saturated heterocycles. The highest BCUT2D eigenvalue weighted by Crippen LogP contribution is 2.35. The van der Waals surface area contributed by atoms with Crippen LogP contribution >= 0.6 is 0 Å². The number of hydrogen-bond donors (Lipinski definition) is 1. The normalized spacial score (nSPS) is 33.5. The lowest BCUT2D eigenvalue weighted by Crippen LogP contribution is -2.34. The van der Waals surface area contributed by atoms with Crippen molar-refractivity contribution in [3.05, 3.63) is 0 Å². The molecule has 0 bridgehead atoms. The number of nitrogens with one attached hydrogen (secondary N) is 1. The van der Waals surface area contributed by atoms with Crippen LogP contribution in [-0.2, 0) is 4.79 Å².